The third-order valence-electron chi connectivity index (χ3n) is 1.00. The molecule has 0 fully saturated rings. The van der Waals surface area contributed by atoms with Crippen LogP contribution in [0.2, 0.25) is 0 Å². The molecule has 0 aromatic carbocycles. The molecule has 0 saturated carbocycles. The Bertz CT molecular complexity index is 267. The summed E-state index contributed by atoms with van der Waals surface area (Å²) in [5, 5.41) is 8.83. The lowest BCUT2D eigenvalue weighted by Gasteiger charge is -1.98. The molecule has 0 radical (unpaired) electrons. The first-order valence-electron chi connectivity index (χ1n) is 2.89. The zero-order valence-electron chi connectivity index (χ0n) is 5.66. The van der Waals surface area contributed by atoms with Gasteiger partial charge >= 0.3 is 0 Å². The van der Waals surface area contributed by atoms with Crippen molar-refractivity contribution in [3.8, 4) is 0 Å². The van der Waals surface area contributed by atoms with E-state index in [4.69, 9.17) is 0 Å². The fraction of sp³-hybridized carbons (Fsp3) is 0. The summed E-state index contributed by atoms with van der Waals surface area (Å²) < 4.78 is 0. The minimum atomic E-state index is -0.289. The first-order chi connectivity index (χ1) is 5.20. The van der Waals surface area contributed by atoms with Crippen LogP contribution >= 0.6 is 12.6 Å². The van der Waals surface area contributed by atoms with Gasteiger partial charge in [-0.05, 0) is 6.07 Å². The van der Waals surface area contributed by atoms with Crippen molar-refractivity contribution in [1.29, 1.82) is 0 Å². The molecule has 0 bridgehead atoms. The van der Waals surface area contributed by atoms with Crippen LogP contribution < -0.4 is 5.32 Å². The average Bonchev–Trinajstić information content (AvgIpc) is 2.35. The number of rotatable bonds is 2. The van der Waals surface area contributed by atoms with Gasteiger partial charge in [-0.3, -0.25) is 9.89 Å². The fourth-order valence-corrected chi connectivity index (χ4v) is 0.682. The molecule has 0 aliphatic heterocycles. The van der Waals surface area contributed by atoms with Crippen LogP contribution in [0.4, 0.5) is 0 Å². The molecule has 1 rings (SSSR count). The number of aromatic nitrogens is 2. The SMILES string of the molecule is C=C(S)NC(=O)c1ccn[nH]1. The molecule has 0 aliphatic rings. The van der Waals surface area contributed by atoms with E-state index in [9.17, 15) is 4.79 Å². The summed E-state index contributed by atoms with van der Waals surface area (Å²) in [5.74, 6) is -0.289. The van der Waals surface area contributed by atoms with Gasteiger partial charge in [0.2, 0.25) is 0 Å². The largest absolute Gasteiger partial charge is 0.316 e. The van der Waals surface area contributed by atoms with E-state index in [-0.39, 0.29) is 5.91 Å². The molecule has 0 saturated heterocycles. The molecule has 0 spiro atoms. The summed E-state index contributed by atoms with van der Waals surface area (Å²) >= 11 is 3.81. The maximum atomic E-state index is 11.0. The third kappa shape index (κ3) is 2.12. The Hall–Kier alpha value is -1.23. The van der Waals surface area contributed by atoms with Gasteiger partial charge in [0.1, 0.15) is 5.69 Å². The molecule has 5 heteroatoms. The number of nitrogens with one attached hydrogen (secondary N) is 2. The van der Waals surface area contributed by atoms with Crippen LogP contribution in [0.1, 0.15) is 10.5 Å². The molecule has 11 heavy (non-hydrogen) atoms. The minimum absolute atomic E-state index is 0.289. The number of nitrogens with zero attached hydrogens (tertiary/aromatic N) is 1. The highest BCUT2D eigenvalue weighted by Gasteiger charge is 2.04. The lowest BCUT2D eigenvalue weighted by molar-refractivity contribution is 0.0964. The summed E-state index contributed by atoms with van der Waals surface area (Å²) in [6, 6.07) is 1.56. The second-order valence-corrected chi connectivity index (χ2v) is 2.41. The average molecular weight is 169 g/mol. The number of hydrogen-bond acceptors (Lipinski definition) is 3. The second-order valence-electron chi connectivity index (χ2n) is 1.87. The monoisotopic (exact) mass is 169 g/mol. The van der Waals surface area contributed by atoms with Crippen LogP contribution in [0.25, 0.3) is 0 Å². The van der Waals surface area contributed by atoms with Gasteiger partial charge in [0.05, 0.1) is 5.03 Å². The number of H-pyrrole nitrogens is 1. The summed E-state index contributed by atoms with van der Waals surface area (Å²) in [4.78, 5) is 11.0. The van der Waals surface area contributed by atoms with Crippen molar-refractivity contribution in [2.45, 2.75) is 0 Å². The van der Waals surface area contributed by atoms with Gasteiger partial charge in [-0.25, -0.2) is 0 Å². The van der Waals surface area contributed by atoms with Gasteiger partial charge in [0.15, 0.2) is 0 Å². The van der Waals surface area contributed by atoms with Crippen molar-refractivity contribution in [2.24, 2.45) is 0 Å². The fourth-order valence-electron chi connectivity index (χ4n) is 0.581. The van der Waals surface area contributed by atoms with Crippen LogP contribution in [0.15, 0.2) is 23.9 Å². The summed E-state index contributed by atoms with van der Waals surface area (Å²) in [6.07, 6.45) is 1.50. The van der Waals surface area contributed by atoms with E-state index in [1.807, 2.05) is 0 Å². The first kappa shape index (κ1) is 7.87. The van der Waals surface area contributed by atoms with Crippen molar-refractivity contribution in [3.05, 3.63) is 29.6 Å². The Balaban J connectivity index is 2.64. The molecule has 1 amide bonds. The number of hydrogen-bond donors (Lipinski definition) is 3. The van der Waals surface area contributed by atoms with Crippen LogP contribution in [-0.4, -0.2) is 16.1 Å². The Morgan fingerprint density at radius 1 is 1.82 bits per heavy atom. The molecule has 58 valence electrons. The van der Waals surface area contributed by atoms with E-state index < -0.39 is 0 Å². The zero-order valence-corrected chi connectivity index (χ0v) is 6.56. The molecule has 1 heterocycles. The van der Waals surface area contributed by atoms with Gasteiger partial charge in [0.25, 0.3) is 5.91 Å². The molecule has 1 aromatic rings. The summed E-state index contributed by atoms with van der Waals surface area (Å²) in [7, 11) is 0. The summed E-state index contributed by atoms with van der Waals surface area (Å²) in [5.41, 5.74) is 0.389. The van der Waals surface area contributed by atoms with Gasteiger partial charge < -0.3 is 5.32 Å². The quantitative estimate of drug-likeness (QED) is 0.566. The molecular weight excluding hydrogens is 162 g/mol. The number of thiol groups is 1. The number of aromatic amines is 1. The van der Waals surface area contributed by atoms with E-state index in [0.29, 0.717) is 10.7 Å². The Kier molecular flexibility index (Phi) is 2.32. The number of carbonyl (C=O) groups excluding carboxylic acids is 1. The van der Waals surface area contributed by atoms with Crippen LogP contribution in [0.5, 0.6) is 0 Å². The van der Waals surface area contributed by atoms with Gasteiger partial charge in [0, 0.05) is 6.20 Å². The molecular formula is C6H7N3OS. The van der Waals surface area contributed by atoms with Crippen molar-refractivity contribution >= 4 is 18.5 Å². The Labute approximate surface area is 69.1 Å². The molecule has 1 aromatic heterocycles. The van der Waals surface area contributed by atoms with E-state index >= 15 is 0 Å². The highest BCUT2D eigenvalue weighted by atomic mass is 32.1. The summed E-state index contributed by atoms with van der Waals surface area (Å²) in [6.45, 7) is 3.40. The van der Waals surface area contributed by atoms with Crippen molar-refractivity contribution < 1.29 is 4.79 Å². The zero-order chi connectivity index (χ0) is 8.27. The van der Waals surface area contributed by atoms with Gasteiger partial charge in [-0.2, -0.15) is 5.10 Å². The smallest absolute Gasteiger partial charge is 0.274 e. The van der Waals surface area contributed by atoms with E-state index in [1.165, 1.54) is 6.20 Å². The standard InChI is InChI=1S/C6H7N3OS/c1-4(11)8-6(10)5-2-3-7-9-5/h2-3,11H,1H2,(H,7,9)(H,8,10). The van der Waals surface area contributed by atoms with E-state index in [0.717, 1.165) is 0 Å². The lowest BCUT2D eigenvalue weighted by atomic mass is 10.4. The lowest BCUT2D eigenvalue weighted by Crippen LogP contribution is -2.20. The van der Waals surface area contributed by atoms with E-state index in [1.54, 1.807) is 6.07 Å². The Morgan fingerprint density at radius 2 is 2.55 bits per heavy atom. The molecule has 4 nitrogen and oxygen atoms in total. The highest BCUT2D eigenvalue weighted by Crippen LogP contribution is 1.95. The predicted molar refractivity (Wildman–Crippen MR) is 44.2 cm³/mol. The molecule has 2 N–H and O–H groups in total. The van der Waals surface area contributed by atoms with Gasteiger partial charge in [-0.1, -0.05) is 6.58 Å². The van der Waals surface area contributed by atoms with Gasteiger partial charge in [-0.15, -0.1) is 12.6 Å². The molecule has 0 atom stereocenters. The van der Waals surface area contributed by atoms with Crippen LogP contribution in [-0.2, 0) is 0 Å². The molecule has 0 aliphatic carbocycles. The van der Waals surface area contributed by atoms with Crippen molar-refractivity contribution in [2.75, 3.05) is 0 Å². The van der Waals surface area contributed by atoms with E-state index in [2.05, 4.69) is 34.7 Å². The van der Waals surface area contributed by atoms with Crippen LogP contribution in [0.3, 0.4) is 0 Å². The number of amides is 1. The Morgan fingerprint density at radius 3 is 3.00 bits per heavy atom. The highest BCUT2D eigenvalue weighted by molar-refractivity contribution is 7.84. The predicted octanol–water partition coefficient (Wildman–Crippen LogP) is 0.540. The minimum Gasteiger partial charge on any atom is -0.316 e. The maximum absolute atomic E-state index is 11.0. The topological polar surface area (TPSA) is 57.8 Å². The number of carbonyl (C=O) groups is 1. The van der Waals surface area contributed by atoms with Crippen molar-refractivity contribution in [1.82, 2.24) is 15.5 Å². The van der Waals surface area contributed by atoms with Crippen LogP contribution in [0, 0.1) is 0 Å². The second kappa shape index (κ2) is 3.25. The first-order valence-corrected chi connectivity index (χ1v) is 3.33. The molecule has 0 unspecified atom stereocenters. The normalized spacial score (nSPS) is 9.18. The third-order valence-corrected chi connectivity index (χ3v) is 1.11. The van der Waals surface area contributed by atoms with Crippen molar-refractivity contribution in [3.63, 3.8) is 0 Å². The maximum Gasteiger partial charge on any atom is 0.274 e.